The number of nitrogens with zero attached hydrogens (tertiary/aromatic N) is 4. The maximum atomic E-state index is 11.8. The highest BCUT2D eigenvalue weighted by Gasteiger charge is 2.40. The minimum absolute atomic E-state index is 0.340. The van der Waals surface area contributed by atoms with E-state index in [1.807, 2.05) is 0 Å². The van der Waals surface area contributed by atoms with E-state index in [4.69, 9.17) is 11.6 Å². The third-order valence-corrected chi connectivity index (χ3v) is 4.93. The lowest BCUT2D eigenvalue weighted by molar-refractivity contribution is -0.148. The van der Waals surface area contributed by atoms with Gasteiger partial charge in [-0.1, -0.05) is 31.5 Å². The Hall–Kier alpha value is -1.47. The van der Waals surface area contributed by atoms with Gasteiger partial charge in [-0.15, -0.1) is 5.10 Å². The van der Waals surface area contributed by atoms with Crippen LogP contribution in [0.4, 0.5) is 0 Å². The molecule has 0 aliphatic rings. The first kappa shape index (κ1) is 15.9. The summed E-state index contributed by atoms with van der Waals surface area (Å²) in [5.41, 5.74) is -0.603. The molecule has 0 radical (unpaired) electrons. The molecule has 21 heavy (non-hydrogen) atoms. The van der Waals surface area contributed by atoms with Crippen LogP contribution in [0.2, 0.25) is 5.02 Å². The molecule has 0 aliphatic carbocycles. The number of benzene rings is 1. The van der Waals surface area contributed by atoms with Gasteiger partial charge in [-0.2, -0.15) is 0 Å². The summed E-state index contributed by atoms with van der Waals surface area (Å²) in [6, 6.07) is 5.35. The summed E-state index contributed by atoms with van der Waals surface area (Å²) in [7, 11) is 0. The van der Waals surface area contributed by atoms with Gasteiger partial charge in [0, 0.05) is 10.0 Å². The molecule has 2 aromatic rings. The Kier molecular flexibility index (Phi) is 4.63. The van der Waals surface area contributed by atoms with Crippen molar-refractivity contribution in [2.75, 3.05) is 0 Å². The number of tetrazole rings is 1. The van der Waals surface area contributed by atoms with Crippen LogP contribution in [0.5, 0.6) is 0 Å². The van der Waals surface area contributed by atoms with Crippen LogP contribution in [0, 0.1) is 0 Å². The van der Waals surface area contributed by atoms with Crippen molar-refractivity contribution in [3.8, 4) is 11.4 Å². The Balaban J connectivity index is 2.68. The molecular weight excluding hydrogens is 360 g/mol. The fourth-order valence-corrected chi connectivity index (χ4v) is 2.84. The van der Waals surface area contributed by atoms with Crippen LogP contribution in [0.25, 0.3) is 11.4 Å². The van der Waals surface area contributed by atoms with Crippen molar-refractivity contribution in [1.82, 2.24) is 20.2 Å². The van der Waals surface area contributed by atoms with E-state index in [0.29, 0.717) is 33.7 Å². The highest BCUT2D eigenvalue weighted by atomic mass is 79.9. The zero-order valence-electron chi connectivity index (χ0n) is 11.5. The van der Waals surface area contributed by atoms with Gasteiger partial charge < -0.3 is 5.11 Å². The molecule has 112 valence electrons. The Bertz CT molecular complexity index is 670. The molecule has 2 rings (SSSR count). The number of aliphatic carboxylic acids is 1. The number of hydrogen-bond acceptors (Lipinski definition) is 4. The lowest BCUT2D eigenvalue weighted by atomic mass is 9.92. The third kappa shape index (κ3) is 2.55. The lowest BCUT2D eigenvalue weighted by Crippen LogP contribution is -2.42. The van der Waals surface area contributed by atoms with E-state index in [2.05, 4.69) is 31.5 Å². The summed E-state index contributed by atoms with van der Waals surface area (Å²) >= 11 is 9.61. The van der Waals surface area contributed by atoms with Gasteiger partial charge in [0.25, 0.3) is 0 Å². The number of rotatable bonds is 5. The van der Waals surface area contributed by atoms with Crippen LogP contribution in [0.15, 0.2) is 22.7 Å². The first-order chi connectivity index (χ1) is 9.97. The molecule has 0 fully saturated rings. The molecule has 0 saturated heterocycles. The van der Waals surface area contributed by atoms with Gasteiger partial charge >= 0.3 is 5.97 Å². The van der Waals surface area contributed by atoms with Crippen LogP contribution in [-0.4, -0.2) is 31.3 Å². The van der Waals surface area contributed by atoms with Crippen molar-refractivity contribution in [2.24, 2.45) is 0 Å². The summed E-state index contributed by atoms with van der Waals surface area (Å²) in [5, 5.41) is 21.6. The second kappa shape index (κ2) is 6.11. The zero-order chi connectivity index (χ0) is 15.6. The molecule has 0 atom stereocenters. The summed E-state index contributed by atoms with van der Waals surface area (Å²) in [5.74, 6) is -0.625. The largest absolute Gasteiger partial charge is 0.479 e. The number of carboxylic acid groups (broad SMARTS) is 1. The molecular formula is C13H14BrClN4O2. The number of carbonyl (C=O) groups is 1. The normalized spacial score (nSPS) is 11.6. The first-order valence-electron chi connectivity index (χ1n) is 6.44. The van der Waals surface area contributed by atoms with Gasteiger partial charge in [-0.25, -0.2) is 9.48 Å². The topological polar surface area (TPSA) is 80.9 Å². The second-order valence-corrected chi connectivity index (χ2v) is 5.79. The van der Waals surface area contributed by atoms with E-state index in [-0.39, 0.29) is 0 Å². The molecule has 1 heterocycles. The molecule has 6 nitrogen and oxygen atoms in total. The number of aromatic nitrogens is 4. The van der Waals surface area contributed by atoms with Gasteiger partial charge in [-0.05, 0) is 51.3 Å². The van der Waals surface area contributed by atoms with Crippen molar-refractivity contribution in [3.63, 3.8) is 0 Å². The Morgan fingerprint density at radius 3 is 2.67 bits per heavy atom. The molecule has 0 bridgehead atoms. The molecule has 0 saturated carbocycles. The molecule has 8 heteroatoms. The fraction of sp³-hybridized carbons (Fsp3) is 0.385. The third-order valence-electron chi connectivity index (χ3n) is 3.64. The molecule has 1 N–H and O–H groups in total. The van der Waals surface area contributed by atoms with Crippen molar-refractivity contribution < 1.29 is 9.90 Å². The smallest absolute Gasteiger partial charge is 0.331 e. The monoisotopic (exact) mass is 372 g/mol. The van der Waals surface area contributed by atoms with E-state index < -0.39 is 11.5 Å². The van der Waals surface area contributed by atoms with Crippen LogP contribution in [0.1, 0.15) is 26.7 Å². The van der Waals surface area contributed by atoms with Crippen molar-refractivity contribution in [1.29, 1.82) is 0 Å². The Labute approximate surface area is 135 Å². The van der Waals surface area contributed by atoms with Gasteiger partial charge in [0.1, 0.15) is 0 Å². The van der Waals surface area contributed by atoms with E-state index in [1.54, 1.807) is 32.0 Å². The summed E-state index contributed by atoms with van der Waals surface area (Å²) in [6.07, 6.45) is 0.727. The van der Waals surface area contributed by atoms with E-state index in [0.717, 1.165) is 0 Å². The summed E-state index contributed by atoms with van der Waals surface area (Å²) in [4.78, 5) is 11.8. The average molecular weight is 374 g/mol. The molecule has 0 amide bonds. The number of hydrogen-bond donors (Lipinski definition) is 1. The van der Waals surface area contributed by atoms with Gasteiger partial charge in [0.05, 0.1) is 5.02 Å². The minimum atomic E-state index is -1.19. The van der Waals surface area contributed by atoms with Gasteiger partial charge in [0.2, 0.25) is 0 Å². The summed E-state index contributed by atoms with van der Waals surface area (Å²) in [6.45, 7) is 3.59. The quantitative estimate of drug-likeness (QED) is 0.869. The van der Waals surface area contributed by atoms with Crippen molar-refractivity contribution in [3.05, 3.63) is 27.7 Å². The van der Waals surface area contributed by atoms with Crippen molar-refractivity contribution in [2.45, 2.75) is 32.2 Å². The SMILES string of the molecule is CCC(CC)(C(=O)O)n1nnnc1-c1cccc(Br)c1Cl. The van der Waals surface area contributed by atoms with Crippen LogP contribution in [0.3, 0.4) is 0 Å². The highest BCUT2D eigenvalue weighted by molar-refractivity contribution is 9.10. The van der Waals surface area contributed by atoms with Crippen LogP contribution >= 0.6 is 27.5 Å². The molecule has 0 spiro atoms. The van der Waals surface area contributed by atoms with E-state index >= 15 is 0 Å². The van der Waals surface area contributed by atoms with E-state index in [1.165, 1.54) is 4.68 Å². The van der Waals surface area contributed by atoms with Crippen LogP contribution < -0.4 is 0 Å². The predicted molar refractivity (Wildman–Crippen MR) is 82.2 cm³/mol. The average Bonchev–Trinajstić information content (AvgIpc) is 2.93. The minimum Gasteiger partial charge on any atom is -0.479 e. The van der Waals surface area contributed by atoms with Gasteiger partial charge in [-0.3, -0.25) is 0 Å². The molecule has 1 aromatic heterocycles. The predicted octanol–water partition coefficient (Wildman–Crippen LogP) is 3.36. The Morgan fingerprint density at radius 1 is 1.43 bits per heavy atom. The standard InChI is InChI=1S/C13H14BrClN4O2/c1-3-13(4-2,12(20)21)19-11(16-17-18-19)8-6-5-7-9(14)10(8)15/h5-7H,3-4H2,1-2H3,(H,20,21). The van der Waals surface area contributed by atoms with Crippen LogP contribution in [-0.2, 0) is 10.3 Å². The molecule has 0 unspecified atom stereocenters. The van der Waals surface area contributed by atoms with E-state index in [9.17, 15) is 9.90 Å². The fourth-order valence-electron chi connectivity index (χ4n) is 2.26. The van der Waals surface area contributed by atoms with Crippen molar-refractivity contribution >= 4 is 33.5 Å². The Morgan fingerprint density at radius 2 is 2.10 bits per heavy atom. The highest BCUT2D eigenvalue weighted by Crippen LogP contribution is 2.35. The maximum Gasteiger partial charge on any atom is 0.331 e. The maximum absolute atomic E-state index is 11.8. The summed E-state index contributed by atoms with van der Waals surface area (Å²) < 4.78 is 2.05. The second-order valence-electron chi connectivity index (χ2n) is 4.56. The lowest BCUT2D eigenvalue weighted by Gasteiger charge is -2.27. The molecule has 1 aromatic carbocycles. The number of carboxylic acids is 1. The first-order valence-corrected chi connectivity index (χ1v) is 7.61. The molecule has 0 aliphatic heterocycles. The number of halogens is 2. The zero-order valence-corrected chi connectivity index (χ0v) is 13.9. The van der Waals surface area contributed by atoms with Gasteiger partial charge in [0.15, 0.2) is 11.4 Å².